The lowest BCUT2D eigenvalue weighted by Crippen LogP contribution is -2.35. The molecule has 1 amide bonds. The Morgan fingerprint density at radius 2 is 2.15 bits per heavy atom. The van der Waals surface area contributed by atoms with Gasteiger partial charge in [-0.3, -0.25) is 9.89 Å². The highest BCUT2D eigenvalue weighted by Gasteiger charge is 2.33. The highest BCUT2D eigenvalue weighted by atomic mass is 32.2. The molecule has 110 valence electrons. The van der Waals surface area contributed by atoms with E-state index in [0.717, 1.165) is 18.5 Å². The Kier molecular flexibility index (Phi) is 3.19. The van der Waals surface area contributed by atoms with Crippen molar-refractivity contribution in [3.8, 4) is 0 Å². The zero-order chi connectivity index (χ0) is 14.3. The third-order valence-corrected chi connectivity index (χ3v) is 6.26. The molecule has 0 bridgehead atoms. The molecule has 1 saturated heterocycles. The average Bonchev–Trinajstić information content (AvgIpc) is 3.07. The van der Waals surface area contributed by atoms with Crippen LogP contribution in [0, 0.1) is 0 Å². The molecule has 1 aliphatic carbocycles. The summed E-state index contributed by atoms with van der Waals surface area (Å²) in [5, 5.41) is 8.91. The average molecular weight is 298 g/mol. The van der Waals surface area contributed by atoms with Crippen molar-refractivity contribution < 1.29 is 13.2 Å². The van der Waals surface area contributed by atoms with Crippen LogP contribution >= 0.6 is 0 Å². The summed E-state index contributed by atoms with van der Waals surface area (Å²) in [5.74, 6) is 0.191. The van der Waals surface area contributed by atoms with Gasteiger partial charge in [0.15, 0.2) is 15.5 Å². The normalized spacial score (nSPS) is 24.7. The first-order chi connectivity index (χ1) is 9.49. The number of hydrogen-bond donors (Lipinski definition) is 3. The number of nitrogens with two attached hydrogens (primary N) is 1. The molecule has 20 heavy (non-hydrogen) atoms. The quantitative estimate of drug-likeness (QED) is 0.732. The van der Waals surface area contributed by atoms with Crippen molar-refractivity contribution in [1.29, 1.82) is 0 Å². The van der Waals surface area contributed by atoms with E-state index in [9.17, 15) is 13.2 Å². The maximum atomic E-state index is 12.0. The third-order valence-electron chi connectivity index (χ3n) is 3.99. The number of hydrogen-bond acceptors (Lipinski definition) is 5. The van der Waals surface area contributed by atoms with Gasteiger partial charge in [-0.1, -0.05) is 0 Å². The summed E-state index contributed by atoms with van der Waals surface area (Å²) in [6.45, 7) is 0.131. The third kappa shape index (κ3) is 2.39. The Morgan fingerprint density at radius 3 is 2.75 bits per heavy atom. The molecule has 2 fully saturated rings. The van der Waals surface area contributed by atoms with Crippen molar-refractivity contribution in [1.82, 2.24) is 15.5 Å². The molecule has 0 radical (unpaired) electrons. The van der Waals surface area contributed by atoms with E-state index in [1.807, 2.05) is 0 Å². The highest BCUT2D eigenvalue weighted by molar-refractivity contribution is 7.92. The van der Waals surface area contributed by atoms with Crippen LogP contribution in [0.25, 0.3) is 0 Å². The first-order valence-electron chi connectivity index (χ1n) is 6.82. The number of rotatable bonds is 4. The van der Waals surface area contributed by atoms with Gasteiger partial charge in [-0.2, -0.15) is 5.10 Å². The largest absolute Gasteiger partial charge is 0.395 e. The molecule has 0 aromatic carbocycles. The van der Waals surface area contributed by atoms with E-state index in [1.165, 1.54) is 0 Å². The van der Waals surface area contributed by atoms with E-state index >= 15 is 0 Å². The molecule has 0 spiro atoms. The van der Waals surface area contributed by atoms with Gasteiger partial charge in [0, 0.05) is 12.5 Å². The number of sulfone groups is 1. The van der Waals surface area contributed by atoms with Crippen LogP contribution in [0.5, 0.6) is 0 Å². The van der Waals surface area contributed by atoms with Gasteiger partial charge in [0.05, 0.1) is 22.4 Å². The number of H-pyrrole nitrogens is 1. The van der Waals surface area contributed by atoms with Gasteiger partial charge in [-0.05, 0) is 25.7 Å². The molecule has 1 unspecified atom stereocenters. The first-order valence-corrected chi connectivity index (χ1v) is 8.54. The van der Waals surface area contributed by atoms with Crippen LogP contribution < -0.4 is 11.1 Å². The van der Waals surface area contributed by atoms with E-state index in [1.54, 1.807) is 0 Å². The topological polar surface area (TPSA) is 118 Å². The Labute approximate surface area is 117 Å². The van der Waals surface area contributed by atoms with Crippen molar-refractivity contribution >= 4 is 21.4 Å². The monoisotopic (exact) mass is 298 g/mol. The van der Waals surface area contributed by atoms with Crippen LogP contribution in [-0.2, 0) is 9.84 Å². The number of aromatic nitrogens is 2. The summed E-state index contributed by atoms with van der Waals surface area (Å²) in [6.07, 6.45) is 3.40. The molecule has 1 atom stereocenters. The maximum Gasteiger partial charge on any atom is 0.273 e. The second-order valence-corrected chi connectivity index (χ2v) is 7.92. The van der Waals surface area contributed by atoms with Crippen molar-refractivity contribution in [2.75, 3.05) is 18.0 Å². The fraction of sp³-hybridized carbons (Fsp3) is 0.667. The number of carbonyl (C=O) groups excluding carboxylic acids is 1. The Bertz CT molecular complexity index is 633. The van der Waals surface area contributed by atoms with Crippen LogP contribution in [0.1, 0.15) is 47.8 Å². The number of aromatic amines is 1. The number of nitrogens with zero attached hydrogens (tertiary/aromatic N) is 1. The Morgan fingerprint density at radius 1 is 1.40 bits per heavy atom. The summed E-state index contributed by atoms with van der Waals surface area (Å²) >= 11 is 0. The smallest absolute Gasteiger partial charge is 0.273 e. The van der Waals surface area contributed by atoms with Crippen molar-refractivity contribution in [2.45, 2.75) is 36.9 Å². The lowest BCUT2D eigenvalue weighted by Gasteiger charge is -2.10. The fourth-order valence-electron chi connectivity index (χ4n) is 2.60. The molecule has 1 aliphatic heterocycles. The fourth-order valence-corrected chi connectivity index (χ4v) is 4.36. The van der Waals surface area contributed by atoms with Gasteiger partial charge < -0.3 is 11.1 Å². The molecule has 4 N–H and O–H groups in total. The molecule has 1 aromatic rings. The second kappa shape index (κ2) is 4.76. The van der Waals surface area contributed by atoms with Crippen molar-refractivity contribution in [3.05, 3.63) is 11.4 Å². The summed E-state index contributed by atoms with van der Waals surface area (Å²) in [7, 11) is -3.05. The van der Waals surface area contributed by atoms with Crippen LogP contribution in [0.15, 0.2) is 0 Å². The predicted molar refractivity (Wildman–Crippen MR) is 74.1 cm³/mol. The van der Waals surface area contributed by atoms with Gasteiger partial charge in [0.2, 0.25) is 0 Å². The van der Waals surface area contributed by atoms with E-state index in [2.05, 4.69) is 15.5 Å². The molecule has 2 aliphatic rings. The molecule has 1 saturated carbocycles. The molecule has 1 aromatic heterocycles. The SMILES string of the molecule is Nc1c(C(=O)NCC2CCCS2(=O)=O)n[nH]c1C1CC1. The Hall–Kier alpha value is -1.57. The van der Waals surface area contributed by atoms with E-state index < -0.39 is 21.0 Å². The maximum absolute atomic E-state index is 12.0. The summed E-state index contributed by atoms with van der Waals surface area (Å²) < 4.78 is 23.4. The highest BCUT2D eigenvalue weighted by Crippen LogP contribution is 2.42. The minimum absolute atomic E-state index is 0.131. The molecule has 8 heteroatoms. The second-order valence-electron chi connectivity index (χ2n) is 5.52. The van der Waals surface area contributed by atoms with Crippen LogP contribution in [0.3, 0.4) is 0 Å². The molecule has 3 rings (SSSR count). The number of amides is 1. The van der Waals surface area contributed by atoms with E-state index in [-0.39, 0.29) is 18.0 Å². The predicted octanol–water partition coefficient (Wildman–Crippen LogP) is 0.176. The van der Waals surface area contributed by atoms with Crippen molar-refractivity contribution in [3.63, 3.8) is 0 Å². The summed E-state index contributed by atoms with van der Waals surface area (Å²) in [4.78, 5) is 12.0. The van der Waals surface area contributed by atoms with Gasteiger partial charge >= 0.3 is 0 Å². The molecular formula is C12H18N4O3S. The first kappa shape index (κ1) is 13.4. The van der Waals surface area contributed by atoms with Crippen molar-refractivity contribution in [2.24, 2.45) is 0 Å². The lowest BCUT2D eigenvalue weighted by molar-refractivity contribution is 0.0949. The molecule has 2 heterocycles. The van der Waals surface area contributed by atoms with Gasteiger partial charge in [-0.25, -0.2) is 8.42 Å². The minimum atomic E-state index is -3.05. The standard InChI is InChI=1S/C12H18N4O3S/c13-9-10(7-3-4-7)15-16-11(9)12(17)14-6-8-2-1-5-20(8,18)19/h7-8H,1-6,13H2,(H,14,17)(H,15,16). The van der Waals surface area contributed by atoms with Gasteiger partial charge in [0.25, 0.3) is 5.91 Å². The minimum Gasteiger partial charge on any atom is -0.395 e. The summed E-state index contributed by atoms with van der Waals surface area (Å²) in [5.41, 5.74) is 7.29. The lowest BCUT2D eigenvalue weighted by atomic mass is 10.2. The van der Waals surface area contributed by atoms with Crippen LogP contribution in [0.4, 0.5) is 5.69 Å². The number of nitrogen functional groups attached to an aromatic ring is 1. The van der Waals surface area contributed by atoms with Crippen LogP contribution in [0.2, 0.25) is 0 Å². The Balaban J connectivity index is 1.65. The molecule has 7 nitrogen and oxygen atoms in total. The molecular weight excluding hydrogens is 280 g/mol. The summed E-state index contributed by atoms with van der Waals surface area (Å²) in [6, 6.07) is 0. The van der Waals surface area contributed by atoms with Gasteiger partial charge in [-0.15, -0.1) is 0 Å². The van der Waals surface area contributed by atoms with E-state index in [4.69, 9.17) is 5.73 Å². The number of nitrogens with one attached hydrogen (secondary N) is 2. The zero-order valence-electron chi connectivity index (χ0n) is 11.1. The van der Waals surface area contributed by atoms with Crippen LogP contribution in [-0.4, -0.2) is 42.1 Å². The van der Waals surface area contributed by atoms with E-state index in [0.29, 0.717) is 24.4 Å². The number of anilines is 1. The van der Waals surface area contributed by atoms with Gasteiger partial charge in [0.1, 0.15) is 0 Å². The zero-order valence-corrected chi connectivity index (χ0v) is 11.9. The number of carbonyl (C=O) groups is 1.